The highest BCUT2D eigenvalue weighted by molar-refractivity contribution is 7.11. The summed E-state index contributed by atoms with van der Waals surface area (Å²) in [5.41, 5.74) is -3.25. The average Bonchev–Trinajstić information content (AvgIpc) is 3.51. The number of halogens is 1. The van der Waals surface area contributed by atoms with E-state index in [1.54, 1.807) is 11.3 Å². The van der Waals surface area contributed by atoms with Gasteiger partial charge < -0.3 is 29.9 Å². The largest absolute Gasteiger partial charge is 0.395 e. The number of oxime groups is 1. The van der Waals surface area contributed by atoms with Crippen LogP contribution in [0.2, 0.25) is 0 Å². The number of hydrogen-bond donors (Lipinski definition) is 3. The quantitative estimate of drug-likeness (QED) is 0.244. The van der Waals surface area contributed by atoms with E-state index in [4.69, 9.17) is 19.7 Å². The van der Waals surface area contributed by atoms with Gasteiger partial charge >= 0.3 is 0 Å². The summed E-state index contributed by atoms with van der Waals surface area (Å²) in [6.45, 7) is 9.60. The van der Waals surface area contributed by atoms with E-state index in [9.17, 15) is 10.2 Å². The Balaban J connectivity index is 1.27. The fourth-order valence-electron chi connectivity index (χ4n) is 8.92. The van der Waals surface area contributed by atoms with Crippen molar-refractivity contribution in [3.05, 3.63) is 45.7 Å². The monoisotopic (exact) mass is 572 g/mol. The number of rotatable bonds is 6. The number of fused-ring (bicyclic) bond motifs is 7. The van der Waals surface area contributed by atoms with Crippen LogP contribution in [0, 0.1) is 35.0 Å². The van der Waals surface area contributed by atoms with Gasteiger partial charge in [0, 0.05) is 32.9 Å². The topological polar surface area (TPSA) is 104 Å². The van der Waals surface area contributed by atoms with Crippen LogP contribution in [-0.4, -0.2) is 64.1 Å². The first-order valence-electron chi connectivity index (χ1n) is 14.4. The van der Waals surface area contributed by atoms with E-state index in [0.29, 0.717) is 31.6 Å². The summed E-state index contributed by atoms with van der Waals surface area (Å²) in [7, 11) is 0. The summed E-state index contributed by atoms with van der Waals surface area (Å²) >= 11 is 1.75. The molecule has 2 heterocycles. The van der Waals surface area contributed by atoms with E-state index in [-0.39, 0.29) is 18.1 Å². The lowest BCUT2D eigenvalue weighted by Crippen LogP contribution is -2.69. The third kappa shape index (κ3) is 3.73. The smallest absolute Gasteiger partial charge is 0.164 e. The van der Waals surface area contributed by atoms with Gasteiger partial charge in [0.15, 0.2) is 11.5 Å². The molecule has 40 heavy (non-hydrogen) atoms. The number of aliphatic hydroxyl groups excluding tert-OH is 2. The highest BCUT2D eigenvalue weighted by Crippen LogP contribution is 2.72. The number of thiophene rings is 1. The second-order valence-corrected chi connectivity index (χ2v) is 14.6. The molecule has 3 N–H and O–H groups in total. The van der Waals surface area contributed by atoms with Crippen molar-refractivity contribution in [2.75, 3.05) is 13.2 Å². The molecule has 0 aromatic carbocycles. The van der Waals surface area contributed by atoms with Gasteiger partial charge in [0.2, 0.25) is 0 Å². The van der Waals surface area contributed by atoms with Crippen LogP contribution in [0.4, 0.5) is 4.39 Å². The number of nitrogens with one attached hydrogen (secondary N) is 1. The maximum Gasteiger partial charge on any atom is 0.164 e. The highest BCUT2D eigenvalue weighted by atomic mass is 32.1. The Labute approximate surface area is 239 Å². The van der Waals surface area contributed by atoms with Gasteiger partial charge in [-0.05, 0) is 83.6 Å². The molecule has 9 heteroatoms. The molecular formula is C31H41FN2O5S. The molecule has 8 atom stereocenters. The van der Waals surface area contributed by atoms with Crippen LogP contribution in [0.25, 0.3) is 0 Å². The van der Waals surface area contributed by atoms with Crippen molar-refractivity contribution < 1.29 is 28.9 Å². The van der Waals surface area contributed by atoms with Gasteiger partial charge in [-0.25, -0.2) is 4.39 Å². The average molecular weight is 573 g/mol. The van der Waals surface area contributed by atoms with E-state index < -0.39 is 52.6 Å². The van der Waals surface area contributed by atoms with Crippen LogP contribution in [0.1, 0.15) is 63.1 Å². The van der Waals surface area contributed by atoms with E-state index in [1.165, 1.54) is 9.75 Å². The molecule has 1 saturated heterocycles. The van der Waals surface area contributed by atoms with Crippen LogP contribution < -0.4 is 0 Å². The minimum atomic E-state index is -1.90. The Kier molecular flexibility index (Phi) is 6.56. The van der Waals surface area contributed by atoms with Crippen LogP contribution >= 0.6 is 11.3 Å². The van der Waals surface area contributed by atoms with Gasteiger partial charge in [-0.3, -0.25) is 0 Å². The van der Waals surface area contributed by atoms with Crippen molar-refractivity contribution >= 4 is 22.8 Å². The molecule has 4 fully saturated rings. The fourth-order valence-corrected chi connectivity index (χ4v) is 9.80. The lowest BCUT2D eigenvalue weighted by Gasteiger charge is -2.63. The van der Waals surface area contributed by atoms with Crippen LogP contribution in [-0.2, 0) is 20.7 Å². The van der Waals surface area contributed by atoms with Crippen molar-refractivity contribution in [1.82, 2.24) is 0 Å². The number of hydrogen-bond acceptors (Lipinski definition) is 8. The summed E-state index contributed by atoms with van der Waals surface area (Å²) in [5, 5.41) is 34.9. The van der Waals surface area contributed by atoms with Gasteiger partial charge in [-0.15, -0.1) is 11.3 Å². The molecule has 218 valence electrons. The Hall–Kier alpha value is -1.91. The van der Waals surface area contributed by atoms with Gasteiger partial charge in [0.25, 0.3) is 0 Å². The number of aryl methyl sites for hydroxylation is 1. The molecule has 0 spiro atoms. The SMILES string of the molecule is Cc1ccc(CCO/N=C2/C=C[C@@]3(C)C(=C2)CC[C@H]2[C@@H]4C[C@H]5OC(C)(C)O[C@@]5(C(=N)CO)[C@@]4(C)C[C@H](O)[C@@]23F)s1. The molecule has 6 rings (SSSR count). The molecule has 5 aliphatic rings. The van der Waals surface area contributed by atoms with Gasteiger partial charge in [-0.1, -0.05) is 23.7 Å². The van der Waals surface area contributed by atoms with E-state index >= 15 is 4.39 Å². The number of nitrogens with zero attached hydrogens (tertiary/aromatic N) is 1. The maximum atomic E-state index is 17.7. The zero-order valence-electron chi connectivity index (χ0n) is 24.0. The molecule has 0 radical (unpaired) electrons. The van der Waals surface area contributed by atoms with E-state index in [2.05, 4.69) is 24.2 Å². The third-order valence-electron chi connectivity index (χ3n) is 10.7. The Morgan fingerprint density at radius 3 is 2.73 bits per heavy atom. The third-order valence-corrected chi connectivity index (χ3v) is 11.7. The van der Waals surface area contributed by atoms with Crippen molar-refractivity contribution in [2.24, 2.45) is 27.8 Å². The molecule has 0 bridgehead atoms. The summed E-state index contributed by atoms with van der Waals surface area (Å²) in [4.78, 5) is 8.14. The number of ether oxygens (including phenoxy) is 2. The number of aliphatic hydroxyl groups is 2. The summed E-state index contributed by atoms with van der Waals surface area (Å²) < 4.78 is 30.5. The van der Waals surface area contributed by atoms with Crippen molar-refractivity contribution in [3.63, 3.8) is 0 Å². The standard InChI is InChI=1S/C31H41FN2O5S/c1-18-6-8-21(40-18)11-13-37-34-20-10-12-28(4)19(14-20)7-9-22-23-15-26-31(24(33)17-35,39-27(2,3)38-26)29(23,5)16-25(36)30(22,28)32/h6,8,10,12,14,22-23,25-26,33,35-36H,7,9,11,13,15-17H2,1-5H3/b33-24?,34-20-/t22-,23-,25-,26+,28-,29-,30-,31+/m0/s1. The Bertz CT molecular complexity index is 1310. The summed E-state index contributed by atoms with van der Waals surface area (Å²) in [6.07, 6.45) is 6.50. The molecule has 4 aliphatic carbocycles. The normalized spacial score (nSPS) is 44.0. The Morgan fingerprint density at radius 2 is 2.02 bits per heavy atom. The van der Waals surface area contributed by atoms with Gasteiger partial charge in [0.1, 0.15) is 17.9 Å². The highest BCUT2D eigenvalue weighted by Gasteiger charge is 2.79. The molecule has 1 aromatic rings. The first kappa shape index (κ1) is 28.2. The Morgan fingerprint density at radius 1 is 1.25 bits per heavy atom. The fraction of sp³-hybridized carbons (Fsp3) is 0.677. The van der Waals surface area contributed by atoms with Gasteiger partial charge in [-0.2, -0.15) is 0 Å². The minimum absolute atomic E-state index is 0.0434. The number of allylic oxidation sites excluding steroid dienone is 4. The van der Waals surface area contributed by atoms with Crippen molar-refractivity contribution in [2.45, 2.75) is 96.0 Å². The molecule has 3 saturated carbocycles. The van der Waals surface area contributed by atoms with E-state index in [0.717, 1.165) is 12.0 Å². The van der Waals surface area contributed by atoms with Crippen LogP contribution in [0.5, 0.6) is 0 Å². The predicted molar refractivity (Wildman–Crippen MR) is 152 cm³/mol. The molecule has 0 unspecified atom stereocenters. The van der Waals surface area contributed by atoms with Crippen molar-refractivity contribution in [3.8, 4) is 0 Å². The zero-order chi connectivity index (χ0) is 28.7. The molecule has 0 amide bonds. The minimum Gasteiger partial charge on any atom is -0.395 e. The first-order valence-corrected chi connectivity index (χ1v) is 15.2. The molecule has 7 nitrogen and oxygen atoms in total. The molecular weight excluding hydrogens is 531 g/mol. The second kappa shape index (κ2) is 9.30. The second-order valence-electron chi connectivity index (χ2n) is 13.2. The van der Waals surface area contributed by atoms with Gasteiger partial charge in [0.05, 0.1) is 24.5 Å². The molecule has 1 aromatic heterocycles. The zero-order valence-corrected chi connectivity index (χ0v) is 24.8. The summed E-state index contributed by atoms with van der Waals surface area (Å²) in [6, 6.07) is 4.21. The van der Waals surface area contributed by atoms with E-state index in [1.807, 2.05) is 45.9 Å². The van der Waals surface area contributed by atoms with Crippen LogP contribution in [0.3, 0.4) is 0 Å². The summed E-state index contributed by atoms with van der Waals surface area (Å²) in [5.74, 6) is -1.57. The first-order chi connectivity index (χ1) is 18.8. The van der Waals surface area contributed by atoms with Crippen molar-refractivity contribution in [1.29, 1.82) is 5.41 Å². The maximum absolute atomic E-state index is 17.7. The molecule has 1 aliphatic heterocycles. The van der Waals surface area contributed by atoms with Crippen LogP contribution in [0.15, 0.2) is 41.1 Å². The lowest BCUT2D eigenvalue weighted by molar-refractivity contribution is -0.236. The predicted octanol–water partition coefficient (Wildman–Crippen LogP) is 5.29. The number of alkyl halides is 1. The lowest BCUT2D eigenvalue weighted by atomic mass is 9.44.